The minimum Gasteiger partial charge on any atom is -0.461 e. The van der Waals surface area contributed by atoms with Crippen molar-refractivity contribution in [2.75, 3.05) is 0 Å². The van der Waals surface area contributed by atoms with Crippen molar-refractivity contribution in [2.24, 2.45) is 5.92 Å². The Morgan fingerprint density at radius 3 is 2.33 bits per heavy atom. The molecule has 0 fully saturated rings. The summed E-state index contributed by atoms with van der Waals surface area (Å²) in [6, 6.07) is 0.306. The quantitative estimate of drug-likeness (QED) is 0.796. The summed E-state index contributed by atoms with van der Waals surface area (Å²) in [6.07, 6.45) is 0.812. The third kappa shape index (κ3) is 4.42. The Labute approximate surface area is 95.1 Å². The average Bonchev–Trinajstić information content (AvgIpc) is 1.98. The first-order valence-electron chi connectivity index (χ1n) is 5.04. The fourth-order valence-electron chi connectivity index (χ4n) is 1.09. The number of halogens is 1. The SMILES string of the molecule is CC(C)Cc1nc(Cl)nc(OC(C)C)n1. The van der Waals surface area contributed by atoms with Crippen molar-refractivity contribution in [1.82, 2.24) is 15.0 Å². The summed E-state index contributed by atoms with van der Waals surface area (Å²) < 4.78 is 5.37. The van der Waals surface area contributed by atoms with Crippen molar-refractivity contribution >= 4 is 11.6 Å². The average molecular weight is 230 g/mol. The second-order valence-electron chi connectivity index (χ2n) is 4.07. The zero-order valence-electron chi connectivity index (χ0n) is 9.49. The normalized spacial score (nSPS) is 11.1. The summed E-state index contributed by atoms with van der Waals surface area (Å²) in [5.41, 5.74) is 0. The number of aromatic nitrogens is 3. The number of ether oxygens (including phenoxy) is 1. The molecule has 0 bridgehead atoms. The molecule has 0 saturated carbocycles. The first-order chi connectivity index (χ1) is 6.97. The van der Waals surface area contributed by atoms with E-state index in [4.69, 9.17) is 16.3 Å². The Kier molecular flexibility index (Phi) is 4.27. The van der Waals surface area contributed by atoms with Crippen molar-refractivity contribution in [1.29, 1.82) is 0 Å². The molecule has 0 spiro atoms. The van der Waals surface area contributed by atoms with Gasteiger partial charge in [0.2, 0.25) is 5.28 Å². The molecule has 5 heteroatoms. The van der Waals surface area contributed by atoms with Gasteiger partial charge in [0.25, 0.3) is 0 Å². The van der Waals surface area contributed by atoms with E-state index in [1.807, 2.05) is 13.8 Å². The van der Waals surface area contributed by atoms with Crippen LogP contribution in [0.3, 0.4) is 0 Å². The molecule has 1 heterocycles. The van der Waals surface area contributed by atoms with Gasteiger partial charge in [0, 0.05) is 6.42 Å². The van der Waals surface area contributed by atoms with E-state index in [0.717, 1.165) is 6.42 Å². The summed E-state index contributed by atoms with van der Waals surface area (Å²) in [4.78, 5) is 12.1. The van der Waals surface area contributed by atoms with Crippen LogP contribution in [0.1, 0.15) is 33.5 Å². The standard InChI is InChI=1S/C10H16ClN3O/c1-6(2)5-8-12-9(11)14-10(13-8)15-7(3)4/h6-7H,5H2,1-4H3. The Balaban J connectivity index is 2.84. The van der Waals surface area contributed by atoms with Crippen LogP contribution in [0.15, 0.2) is 0 Å². The molecular formula is C10H16ClN3O. The molecule has 15 heavy (non-hydrogen) atoms. The first-order valence-corrected chi connectivity index (χ1v) is 5.42. The van der Waals surface area contributed by atoms with Crippen LogP contribution in [0.25, 0.3) is 0 Å². The smallest absolute Gasteiger partial charge is 0.321 e. The molecule has 0 aliphatic rings. The van der Waals surface area contributed by atoms with Crippen LogP contribution in [-0.4, -0.2) is 21.1 Å². The highest BCUT2D eigenvalue weighted by atomic mass is 35.5. The highest BCUT2D eigenvalue weighted by molar-refractivity contribution is 6.28. The number of rotatable bonds is 4. The van der Waals surface area contributed by atoms with Crippen LogP contribution in [0.5, 0.6) is 6.01 Å². The van der Waals surface area contributed by atoms with E-state index in [9.17, 15) is 0 Å². The summed E-state index contributed by atoms with van der Waals surface area (Å²) in [5, 5.41) is 0.191. The van der Waals surface area contributed by atoms with E-state index in [-0.39, 0.29) is 11.4 Å². The summed E-state index contributed by atoms with van der Waals surface area (Å²) >= 11 is 5.77. The van der Waals surface area contributed by atoms with Crippen molar-refractivity contribution in [3.63, 3.8) is 0 Å². The Hall–Kier alpha value is -0.900. The first kappa shape index (κ1) is 12.2. The summed E-state index contributed by atoms with van der Waals surface area (Å²) in [6.45, 7) is 8.03. The fourth-order valence-corrected chi connectivity index (χ4v) is 1.26. The molecule has 0 amide bonds. The molecule has 84 valence electrons. The molecule has 0 aliphatic heterocycles. The predicted octanol–water partition coefficient (Wildman–Crippen LogP) is 2.51. The number of nitrogens with zero attached hydrogens (tertiary/aromatic N) is 3. The summed E-state index contributed by atoms with van der Waals surface area (Å²) in [5.74, 6) is 1.16. The van der Waals surface area contributed by atoms with Gasteiger partial charge in [-0.05, 0) is 31.4 Å². The second-order valence-corrected chi connectivity index (χ2v) is 4.41. The van der Waals surface area contributed by atoms with Crippen LogP contribution in [0.2, 0.25) is 5.28 Å². The van der Waals surface area contributed by atoms with Crippen LogP contribution < -0.4 is 4.74 Å². The van der Waals surface area contributed by atoms with Crippen LogP contribution in [-0.2, 0) is 6.42 Å². The highest BCUT2D eigenvalue weighted by Crippen LogP contribution is 2.12. The third-order valence-electron chi connectivity index (χ3n) is 1.57. The van der Waals surface area contributed by atoms with Crippen molar-refractivity contribution in [3.05, 3.63) is 11.1 Å². The molecule has 0 aliphatic carbocycles. The Morgan fingerprint density at radius 2 is 1.80 bits per heavy atom. The van der Waals surface area contributed by atoms with Crippen molar-refractivity contribution < 1.29 is 4.74 Å². The summed E-state index contributed by atoms with van der Waals surface area (Å²) in [7, 11) is 0. The minimum atomic E-state index is 0.0374. The predicted molar refractivity (Wildman–Crippen MR) is 59.1 cm³/mol. The number of hydrogen-bond donors (Lipinski definition) is 0. The van der Waals surface area contributed by atoms with E-state index in [2.05, 4.69) is 28.8 Å². The maximum atomic E-state index is 5.77. The van der Waals surface area contributed by atoms with Gasteiger partial charge in [-0.1, -0.05) is 13.8 Å². The lowest BCUT2D eigenvalue weighted by Gasteiger charge is -2.09. The monoisotopic (exact) mass is 229 g/mol. The van der Waals surface area contributed by atoms with Gasteiger partial charge >= 0.3 is 6.01 Å². The maximum absolute atomic E-state index is 5.77. The molecule has 1 aromatic rings. The molecule has 1 rings (SSSR count). The topological polar surface area (TPSA) is 47.9 Å². The van der Waals surface area contributed by atoms with Crippen molar-refractivity contribution in [3.8, 4) is 6.01 Å². The molecule has 1 aromatic heterocycles. The van der Waals surface area contributed by atoms with Gasteiger partial charge in [-0.3, -0.25) is 0 Å². The lowest BCUT2D eigenvalue weighted by atomic mass is 10.1. The van der Waals surface area contributed by atoms with Gasteiger partial charge in [-0.15, -0.1) is 0 Å². The largest absolute Gasteiger partial charge is 0.461 e. The Morgan fingerprint density at radius 1 is 1.13 bits per heavy atom. The highest BCUT2D eigenvalue weighted by Gasteiger charge is 2.08. The van der Waals surface area contributed by atoms with Gasteiger partial charge < -0.3 is 4.74 Å². The molecule has 0 unspecified atom stereocenters. The molecule has 4 nitrogen and oxygen atoms in total. The van der Waals surface area contributed by atoms with Crippen molar-refractivity contribution in [2.45, 2.75) is 40.2 Å². The van der Waals surface area contributed by atoms with Gasteiger partial charge in [-0.25, -0.2) is 4.98 Å². The molecule has 0 saturated heterocycles. The third-order valence-corrected chi connectivity index (χ3v) is 1.73. The zero-order valence-corrected chi connectivity index (χ0v) is 10.2. The van der Waals surface area contributed by atoms with E-state index >= 15 is 0 Å². The lowest BCUT2D eigenvalue weighted by molar-refractivity contribution is 0.220. The lowest BCUT2D eigenvalue weighted by Crippen LogP contribution is -2.11. The van der Waals surface area contributed by atoms with Crippen LogP contribution in [0.4, 0.5) is 0 Å². The van der Waals surface area contributed by atoms with Gasteiger partial charge in [0.1, 0.15) is 5.82 Å². The Bertz CT molecular complexity index is 300. The van der Waals surface area contributed by atoms with E-state index in [0.29, 0.717) is 17.8 Å². The van der Waals surface area contributed by atoms with Crippen LogP contribution in [0, 0.1) is 5.92 Å². The van der Waals surface area contributed by atoms with E-state index in [1.54, 1.807) is 0 Å². The second kappa shape index (κ2) is 5.26. The van der Waals surface area contributed by atoms with E-state index < -0.39 is 0 Å². The van der Waals surface area contributed by atoms with Gasteiger partial charge in [0.15, 0.2) is 0 Å². The fraction of sp³-hybridized carbons (Fsp3) is 0.700. The maximum Gasteiger partial charge on any atom is 0.321 e. The molecular weight excluding hydrogens is 214 g/mol. The van der Waals surface area contributed by atoms with Crippen LogP contribution >= 0.6 is 11.6 Å². The molecule has 0 N–H and O–H groups in total. The minimum absolute atomic E-state index is 0.0374. The molecule has 0 radical (unpaired) electrons. The van der Waals surface area contributed by atoms with Gasteiger partial charge in [-0.2, -0.15) is 9.97 Å². The molecule has 0 aromatic carbocycles. The van der Waals surface area contributed by atoms with E-state index in [1.165, 1.54) is 0 Å². The van der Waals surface area contributed by atoms with Gasteiger partial charge in [0.05, 0.1) is 6.10 Å². The molecule has 0 atom stereocenters. The zero-order chi connectivity index (χ0) is 11.4. The number of hydrogen-bond acceptors (Lipinski definition) is 4.